The van der Waals surface area contributed by atoms with E-state index >= 15 is 0 Å². The van der Waals surface area contributed by atoms with Crippen molar-refractivity contribution in [2.24, 2.45) is 0 Å². The molecule has 0 bridgehead atoms. The van der Waals surface area contributed by atoms with E-state index in [0.29, 0.717) is 12.6 Å². The molecule has 0 unspecified atom stereocenters. The van der Waals surface area contributed by atoms with Gasteiger partial charge in [-0.3, -0.25) is 0 Å². The van der Waals surface area contributed by atoms with Gasteiger partial charge in [0.2, 0.25) is 0 Å². The van der Waals surface area contributed by atoms with Crippen LogP contribution in [-0.4, -0.2) is 30.7 Å². The van der Waals surface area contributed by atoms with E-state index in [1.165, 1.54) is 42.4 Å². The van der Waals surface area contributed by atoms with Gasteiger partial charge in [0.15, 0.2) is 10.8 Å². The predicted molar refractivity (Wildman–Crippen MR) is 122 cm³/mol. The smallest absolute Gasteiger partial charge is 0.184 e. The average Bonchev–Trinajstić information content (AvgIpc) is 3.31. The normalized spacial score (nSPS) is 15.8. The molecule has 1 aliphatic carbocycles. The number of hydrogen-bond donors (Lipinski definition) is 2. The van der Waals surface area contributed by atoms with Crippen molar-refractivity contribution in [3.63, 3.8) is 0 Å². The summed E-state index contributed by atoms with van der Waals surface area (Å²) in [5.74, 6) is 0. The molecule has 6 nitrogen and oxygen atoms in total. The topological polar surface area (TPSA) is 75.9 Å². The highest BCUT2D eigenvalue weighted by Crippen LogP contribution is 2.30. The Balaban J connectivity index is 1.37. The van der Waals surface area contributed by atoms with Crippen LogP contribution in [0.25, 0.3) is 21.4 Å². The lowest BCUT2D eigenvalue weighted by molar-refractivity contribution is 0.0784. The summed E-state index contributed by atoms with van der Waals surface area (Å²) in [6, 6.07) is 8.93. The molecule has 0 atom stereocenters. The van der Waals surface area contributed by atoms with E-state index in [4.69, 9.17) is 4.98 Å². The van der Waals surface area contributed by atoms with Gasteiger partial charge in [-0.2, -0.15) is 0 Å². The minimum absolute atomic E-state index is 0.566. The summed E-state index contributed by atoms with van der Waals surface area (Å²) in [5, 5.41) is 14.9. The summed E-state index contributed by atoms with van der Waals surface area (Å²) in [6.07, 6.45) is 10.0. The molecule has 156 valence electrons. The van der Waals surface area contributed by atoms with Crippen molar-refractivity contribution in [3.05, 3.63) is 47.9 Å². The van der Waals surface area contributed by atoms with Gasteiger partial charge in [-0.25, -0.2) is 15.0 Å². The first kappa shape index (κ1) is 19.5. The van der Waals surface area contributed by atoms with Gasteiger partial charge in [0.05, 0.1) is 28.7 Å². The van der Waals surface area contributed by atoms with Crippen LogP contribution in [0.2, 0.25) is 0 Å². The predicted octanol–water partition coefficient (Wildman–Crippen LogP) is 5.06. The number of benzene rings is 1. The van der Waals surface area contributed by atoms with E-state index in [0.717, 1.165) is 27.4 Å². The van der Waals surface area contributed by atoms with Crippen LogP contribution >= 0.6 is 11.3 Å². The quantitative estimate of drug-likeness (QED) is 0.471. The number of aliphatic hydroxyl groups is 1. The van der Waals surface area contributed by atoms with Crippen LogP contribution < -0.4 is 5.32 Å². The Morgan fingerprint density at radius 3 is 2.77 bits per heavy atom. The van der Waals surface area contributed by atoms with Crippen LogP contribution in [0.1, 0.15) is 57.1 Å². The first-order chi connectivity index (χ1) is 14.5. The largest absolute Gasteiger partial charge is 0.386 e. The van der Waals surface area contributed by atoms with Gasteiger partial charge in [-0.05, 0) is 50.5 Å². The monoisotopic (exact) mass is 421 g/mol. The molecule has 7 heteroatoms. The zero-order valence-corrected chi connectivity index (χ0v) is 18.2. The highest BCUT2D eigenvalue weighted by atomic mass is 32.1. The number of nitrogens with zero attached hydrogens (tertiary/aromatic N) is 4. The second-order valence-corrected chi connectivity index (χ2v) is 9.83. The van der Waals surface area contributed by atoms with Crippen molar-refractivity contribution in [1.29, 1.82) is 0 Å². The lowest BCUT2D eigenvalue weighted by Crippen LogP contribution is -2.21. The van der Waals surface area contributed by atoms with Gasteiger partial charge in [0.1, 0.15) is 5.52 Å². The number of thiazole rings is 1. The summed E-state index contributed by atoms with van der Waals surface area (Å²) < 4.78 is 3.25. The third-order valence-corrected chi connectivity index (χ3v) is 6.85. The molecule has 0 saturated heterocycles. The third kappa shape index (κ3) is 3.91. The fourth-order valence-corrected chi connectivity index (χ4v) is 5.15. The fourth-order valence-electron chi connectivity index (χ4n) is 4.15. The minimum Gasteiger partial charge on any atom is -0.386 e. The number of hydrogen-bond acceptors (Lipinski definition) is 6. The van der Waals surface area contributed by atoms with Gasteiger partial charge in [-0.15, -0.1) is 0 Å². The van der Waals surface area contributed by atoms with Crippen molar-refractivity contribution in [2.45, 2.75) is 64.1 Å². The molecule has 1 fully saturated rings. The van der Waals surface area contributed by atoms with Crippen molar-refractivity contribution in [1.82, 2.24) is 19.5 Å². The van der Waals surface area contributed by atoms with Gasteiger partial charge in [0, 0.05) is 17.8 Å². The number of pyridine rings is 1. The van der Waals surface area contributed by atoms with Gasteiger partial charge in [0.25, 0.3) is 0 Å². The van der Waals surface area contributed by atoms with E-state index in [2.05, 4.69) is 33.5 Å². The number of fused-ring (bicyclic) bond motifs is 2. The van der Waals surface area contributed by atoms with Crippen molar-refractivity contribution in [3.8, 4) is 0 Å². The molecule has 1 aliphatic rings. The molecule has 3 heterocycles. The standard InChI is InChI=1S/C23H27N5OS/c1-23(2,29)16-11-19-21(24-12-16)28(14-25-19)13-15-8-9-18-20(10-15)30-22(27-18)26-17-6-4-3-5-7-17/h8-12,14,17,29H,3-7,13H2,1-2H3,(H,26,27). The lowest BCUT2D eigenvalue weighted by atomic mass is 9.96. The van der Waals surface area contributed by atoms with Crippen LogP contribution in [0.5, 0.6) is 0 Å². The Bertz CT molecular complexity index is 1180. The summed E-state index contributed by atoms with van der Waals surface area (Å²) in [6.45, 7) is 4.22. The van der Waals surface area contributed by atoms with E-state index in [9.17, 15) is 5.11 Å². The van der Waals surface area contributed by atoms with Gasteiger partial charge in [-0.1, -0.05) is 36.7 Å². The Hall–Kier alpha value is -2.51. The first-order valence-electron chi connectivity index (χ1n) is 10.7. The molecule has 4 aromatic rings. The number of nitrogens with one attached hydrogen (secondary N) is 1. The number of rotatable bonds is 5. The fraction of sp³-hybridized carbons (Fsp3) is 0.435. The second kappa shape index (κ2) is 7.63. The number of aromatic nitrogens is 4. The average molecular weight is 422 g/mol. The molecule has 2 N–H and O–H groups in total. The maximum Gasteiger partial charge on any atom is 0.184 e. The molecule has 0 radical (unpaired) electrons. The summed E-state index contributed by atoms with van der Waals surface area (Å²) in [4.78, 5) is 13.8. The molecule has 1 aromatic carbocycles. The molecular formula is C23H27N5OS. The Morgan fingerprint density at radius 1 is 1.13 bits per heavy atom. The zero-order valence-electron chi connectivity index (χ0n) is 17.4. The van der Waals surface area contributed by atoms with Crippen molar-refractivity contribution in [2.75, 3.05) is 5.32 Å². The molecule has 1 saturated carbocycles. The Labute approximate surface area is 180 Å². The molecule has 30 heavy (non-hydrogen) atoms. The minimum atomic E-state index is -0.925. The van der Waals surface area contributed by atoms with Crippen LogP contribution in [0.3, 0.4) is 0 Å². The molecule has 5 rings (SSSR count). The Morgan fingerprint density at radius 2 is 1.97 bits per heavy atom. The molecule has 3 aromatic heterocycles. The highest BCUT2D eigenvalue weighted by molar-refractivity contribution is 7.22. The maximum atomic E-state index is 10.2. The van der Waals surface area contributed by atoms with E-state index in [1.807, 2.05) is 17.0 Å². The van der Waals surface area contributed by atoms with Gasteiger partial charge < -0.3 is 15.0 Å². The SMILES string of the molecule is CC(C)(O)c1cnc2c(c1)ncn2Cc1ccc2nc(NC3CCCCC3)sc2c1. The van der Waals surface area contributed by atoms with E-state index in [1.54, 1.807) is 31.4 Å². The molecule has 0 spiro atoms. The van der Waals surface area contributed by atoms with Gasteiger partial charge >= 0.3 is 0 Å². The van der Waals surface area contributed by atoms with Crippen molar-refractivity contribution < 1.29 is 5.11 Å². The summed E-state index contributed by atoms with van der Waals surface area (Å²) >= 11 is 1.74. The lowest BCUT2D eigenvalue weighted by Gasteiger charge is -2.22. The molecule has 0 aliphatic heterocycles. The highest BCUT2D eigenvalue weighted by Gasteiger charge is 2.18. The summed E-state index contributed by atoms with van der Waals surface area (Å²) in [5.41, 5.74) is 3.71. The van der Waals surface area contributed by atoms with E-state index < -0.39 is 5.60 Å². The Kier molecular flexibility index (Phi) is 4.95. The first-order valence-corrected chi connectivity index (χ1v) is 11.5. The summed E-state index contributed by atoms with van der Waals surface area (Å²) in [7, 11) is 0. The maximum absolute atomic E-state index is 10.2. The van der Waals surface area contributed by atoms with Crippen LogP contribution in [-0.2, 0) is 12.1 Å². The molecular weight excluding hydrogens is 394 g/mol. The van der Waals surface area contributed by atoms with Crippen molar-refractivity contribution >= 4 is 37.8 Å². The molecule has 0 amide bonds. The zero-order chi connectivity index (χ0) is 20.7. The second-order valence-electron chi connectivity index (χ2n) is 8.80. The van der Waals surface area contributed by atoms with Crippen LogP contribution in [0, 0.1) is 0 Å². The van der Waals surface area contributed by atoms with Crippen LogP contribution in [0.4, 0.5) is 5.13 Å². The van der Waals surface area contributed by atoms with Crippen LogP contribution in [0.15, 0.2) is 36.8 Å². The number of imidazole rings is 1. The number of anilines is 1. The third-order valence-electron chi connectivity index (χ3n) is 5.90. The van der Waals surface area contributed by atoms with E-state index in [-0.39, 0.29) is 0 Å².